The van der Waals surface area contributed by atoms with E-state index < -0.39 is 11.7 Å². The first-order chi connectivity index (χ1) is 9.44. The number of aliphatic hydroxyl groups is 1. The molecule has 1 aromatic rings. The molecule has 0 aromatic carbocycles. The van der Waals surface area contributed by atoms with Gasteiger partial charge in [0.05, 0.1) is 5.56 Å². The number of aliphatic hydroxyl groups excluding tert-OH is 1. The quantitative estimate of drug-likeness (QED) is 0.582. The molecule has 1 aliphatic heterocycles. The first kappa shape index (κ1) is 14.9. The van der Waals surface area contributed by atoms with Crippen molar-refractivity contribution in [3.05, 3.63) is 17.7 Å². The summed E-state index contributed by atoms with van der Waals surface area (Å²) in [5, 5.41) is 9.18. The number of pyridine rings is 1. The van der Waals surface area contributed by atoms with Crippen molar-refractivity contribution in [1.29, 1.82) is 0 Å². The second-order valence-corrected chi connectivity index (χ2v) is 4.88. The van der Waals surface area contributed by atoms with Crippen LogP contribution in [0, 0.1) is 5.92 Å². The van der Waals surface area contributed by atoms with Gasteiger partial charge in [-0.3, -0.25) is 0 Å². The van der Waals surface area contributed by atoms with Crippen molar-refractivity contribution in [3.63, 3.8) is 0 Å². The fourth-order valence-electron chi connectivity index (χ4n) is 2.34. The number of halogens is 3. The van der Waals surface area contributed by atoms with Crippen molar-refractivity contribution in [1.82, 2.24) is 4.98 Å². The SMILES string of the molecule is NNc1cc(C(F)(F)F)cc(N2CCCC(CO)C2)n1. The van der Waals surface area contributed by atoms with Gasteiger partial charge in [0, 0.05) is 19.7 Å². The fraction of sp³-hybridized carbons (Fsp3) is 0.583. The highest BCUT2D eigenvalue weighted by molar-refractivity contribution is 5.51. The Bertz CT molecular complexity index is 467. The summed E-state index contributed by atoms with van der Waals surface area (Å²) in [6.45, 7) is 1.14. The minimum absolute atomic E-state index is 0.0253. The normalized spacial score (nSPS) is 20.1. The van der Waals surface area contributed by atoms with Gasteiger partial charge in [0.1, 0.15) is 11.6 Å². The minimum Gasteiger partial charge on any atom is -0.396 e. The molecular formula is C12H17F3N4O. The first-order valence-electron chi connectivity index (χ1n) is 6.35. The molecule has 0 aliphatic carbocycles. The second-order valence-electron chi connectivity index (χ2n) is 4.88. The number of nitrogens with two attached hydrogens (primary N) is 1. The highest BCUT2D eigenvalue weighted by Gasteiger charge is 2.32. The van der Waals surface area contributed by atoms with Crippen LogP contribution in [0.2, 0.25) is 0 Å². The summed E-state index contributed by atoms with van der Waals surface area (Å²) in [6.07, 6.45) is -2.77. The Labute approximate surface area is 114 Å². The maximum Gasteiger partial charge on any atom is 0.416 e. The maximum absolute atomic E-state index is 12.8. The van der Waals surface area contributed by atoms with Gasteiger partial charge in [0.15, 0.2) is 0 Å². The lowest BCUT2D eigenvalue weighted by molar-refractivity contribution is -0.137. The van der Waals surface area contributed by atoms with Crippen LogP contribution in [0.25, 0.3) is 0 Å². The molecule has 0 bridgehead atoms. The van der Waals surface area contributed by atoms with Gasteiger partial charge in [-0.2, -0.15) is 13.2 Å². The topological polar surface area (TPSA) is 74.4 Å². The maximum atomic E-state index is 12.8. The van der Waals surface area contributed by atoms with Crippen LogP contribution in [0.15, 0.2) is 12.1 Å². The van der Waals surface area contributed by atoms with E-state index in [0.29, 0.717) is 13.1 Å². The Morgan fingerprint density at radius 1 is 1.45 bits per heavy atom. The molecule has 112 valence electrons. The Kier molecular flexibility index (Phi) is 4.34. The number of rotatable bonds is 3. The molecule has 1 unspecified atom stereocenters. The molecule has 2 rings (SSSR count). The molecule has 0 saturated carbocycles. The summed E-state index contributed by atoms with van der Waals surface area (Å²) in [7, 11) is 0. The van der Waals surface area contributed by atoms with E-state index in [1.54, 1.807) is 4.90 Å². The van der Waals surface area contributed by atoms with Crippen molar-refractivity contribution in [2.75, 3.05) is 30.0 Å². The predicted octanol–water partition coefficient (Wildman–Crippen LogP) is 1.59. The van der Waals surface area contributed by atoms with Crippen LogP contribution in [-0.2, 0) is 6.18 Å². The zero-order valence-electron chi connectivity index (χ0n) is 10.8. The van der Waals surface area contributed by atoms with E-state index in [0.717, 1.165) is 25.0 Å². The molecule has 1 saturated heterocycles. The zero-order chi connectivity index (χ0) is 14.8. The summed E-state index contributed by atoms with van der Waals surface area (Å²) in [4.78, 5) is 5.82. The third-order valence-corrected chi connectivity index (χ3v) is 3.39. The van der Waals surface area contributed by atoms with E-state index in [2.05, 4.69) is 10.4 Å². The summed E-state index contributed by atoms with van der Waals surface area (Å²) < 4.78 is 38.5. The third-order valence-electron chi connectivity index (χ3n) is 3.39. The molecule has 4 N–H and O–H groups in total. The minimum atomic E-state index is -4.45. The van der Waals surface area contributed by atoms with E-state index in [-0.39, 0.29) is 24.2 Å². The van der Waals surface area contributed by atoms with Crippen molar-refractivity contribution >= 4 is 11.6 Å². The molecule has 1 fully saturated rings. The van der Waals surface area contributed by atoms with Gasteiger partial charge >= 0.3 is 6.18 Å². The summed E-state index contributed by atoms with van der Waals surface area (Å²) >= 11 is 0. The van der Waals surface area contributed by atoms with Crippen molar-refractivity contribution in [3.8, 4) is 0 Å². The van der Waals surface area contributed by atoms with Crippen molar-refractivity contribution < 1.29 is 18.3 Å². The molecule has 2 heterocycles. The number of anilines is 2. The van der Waals surface area contributed by atoms with Gasteiger partial charge in [0.2, 0.25) is 0 Å². The average molecular weight is 290 g/mol. The molecule has 1 aliphatic rings. The number of aromatic nitrogens is 1. The van der Waals surface area contributed by atoms with E-state index in [9.17, 15) is 18.3 Å². The molecule has 8 heteroatoms. The molecule has 5 nitrogen and oxygen atoms in total. The second kappa shape index (κ2) is 5.84. The lowest BCUT2D eigenvalue weighted by atomic mass is 9.99. The Hall–Kier alpha value is -1.54. The Balaban J connectivity index is 2.30. The number of alkyl halides is 3. The number of nitrogen functional groups attached to an aromatic ring is 1. The van der Waals surface area contributed by atoms with Gasteiger partial charge < -0.3 is 15.4 Å². The molecular weight excluding hydrogens is 273 g/mol. The molecule has 0 amide bonds. The van der Waals surface area contributed by atoms with E-state index in [1.165, 1.54) is 0 Å². The Morgan fingerprint density at radius 2 is 2.20 bits per heavy atom. The van der Waals surface area contributed by atoms with Crippen LogP contribution >= 0.6 is 0 Å². The number of nitrogens with zero attached hydrogens (tertiary/aromatic N) is 2. The highest BCUT2D eigenvalue weighted by atomic mass is 19.4. The number of piperidine rings is 1. The zero-order valence-corrected chi connectivity index (χ0v) is 10.8. The lowest BCUT2D eigenvalue weighted by Gasteiger charge is -2.33. The van der Waals surface area contributed by atoms with Gasteiger partial charge in [0.25, 0.3) is 0 Å². The number of hydrazine groups is 1. The van der Waals surface area contributed by atoms with Crippen LogP contribution in [0.1, 0.15) is 18.4 Å². The Morgan fingerprint density at radius 3 is 2.80 bits per heavy atom. The van der Waals surface area contributed by atoms with E-state index in [1.807, 2.05) is 0 Å². The summed E-state index contributed by atoms with van der Waals surface area (Å²) in [5.74, 6) is 5.44. The van der Waals surface area contributed by atoms with Crippen LogP contribution < -0.4 is 16.2 Å². The number of hydrogen-bond acceptors (Lipinski definition) is 5. The van der Waals surface area contributed by atoms with Crippen LogP contribution in [0.5, 0.6) is 0 Å². The van der Waals surface area contributed by atoms with Crippen molar-refractivity contribution in [2.45, 2.75) is 19.0 Å². The third kappa shape index (κ3) is 3.31. The van der Waals surface area contributed by atoms with Crippen LogP contribution in [0.3, 0.4) is 0 Å². The van der Waals surface area contributed by atoms with Crippen LogP contribution in [-0.4, -0.2) is 29.8 Å². The lowest BCUT2D eigenvalue weighted by Crippen LogP contribution is -2.37. The molecule has 1 aromatic heterocycles. The van der Waals surface area contributed by atoms with Gasteiger partial charge in [-0.1, -0.05) is 0 Å². The largest absolute Gasteiger partial charge is 0.416 e. The van der Waals surface area contributed by atoms with Crippen LogP contribution in [0.4, 0.5) is 24.8 Å². The highest BCUT2D eigenvalue weighted by Crippen LogP contribution is 2.33. The number of hydrogen-bond donors (Lipinski definition) is 3. The van der Waals surface area contributed by atoms with E-state index in [4.69, 9.17) is 5.84 Å². The molecule has 20 heavy (non-hydrogen) atoms. The van der Waals surface area contributed by atoms with Crippen molar-refractivity contribution in [2.24, 2.45) is 11.8 Å². The predicted molar refractivity (Wildman–Crippen MR) is 69.1 cm³/mol. The molecule has 0 spiro atoms. The summed E-state index contributed by atoms with van der Waals surface area (Å²) in [5.41, 5.74) is 1.37. The fourth-order valence-corrected chi connectivity index (χ4v) is 2.34. The first-order valence-corrected chi connectivity index (χ1v) is 6.35. The van der Waals surface area contributed by atoms with Gasteiger partial charge in [-0.05, 0) is 30.9 Å². The molecule has 0 radical (unpaired) electrons. The van der Waals surface area contributed by atoms with E-state index >= 15 is 0 Å². The van der Waals surface area contributed by atoms with Gasteiger partial charge in [-0.25, -0.2) is 10.8 Å². The monoisotopic (exact) mass is 290 g/mol. The molecule has 1 atom stereocenters. The van der Waals surface area contributed by atoms with Gasteiger partial charge in [-0.15, -0.1) is 0 Å². The number of nitrogens with one attached hydrogen (secondary N) is 1. The average Bonchev–Trinajstić information content (AvgIpc) is 2.46. The summed E-state index contributed by atoms with van der Waals surface area (Å²) in [6, 6.07) is 1.89. The standard InChI is InChI=1S/C12H17F3N4O/c13-12(14,15)9-4-10(18-16)17-11(5-9)19-3-1-2-8(6-19)7-20/h4-5,8,20H,1-3,6-7,16H2,(H,17,18). The smallest absolute Gasteiger partial charge is 0.396 e.